The number of unbranched alkanes of at least 4 members (excludes halogenated alkanes) is 27. The molecule has 0 aliphatic heterocycles. The van der Waals surface area contributed by atoms with Gasteiger partial charge in [0.05, 0.1) is 33.8 Å². The molecule has 0 aliphatic rings. The number of esters is 1. The highest BCUT2D eigenvalue weighted by Gasteiger charge is 2.30. The van der Waals surface area contributed by atoms with Crippen LogP contribution in [-0.2, 0) is 27.9 Å². The molecule has 0 aromatic rings. The monoisotopic (exact) mass is 1070 g/mol. The van der Waals surface area contributed by atoms with Gasteiger partial charge in [0.25, 0.3) is 0 Å². The van der Waals surface area contributed by atoms with Crippen molar-refractivity contribution in [3.63, 3.8) is 0 Å². The van der Waals surface area contributed by atoms with Crippen molar-refractivity contribution in [1.29, 1.82) is 0 Å². The Labute approximate surface area is 463 Å². The normalized spacial score (nSPS) is 14.3. The summed E-state index contributed by atoms with van der Waals surface area (Å²) >= 11 is 0. The van der Waals surface area contributed by atoms with E-state index in [1.807, 2.05) is 33.3 Å². The molecule has 75 heavy (non-hydrogen) atoms. The Morgan fingerprint density at radius 1 is 0.467 bits per heavy atom. The van der Waals surface area contributed by atoms with Crippen molar-refractivity contribution in [2.24, 2.45) is 0 Å². The third kappa shape index (κ3) is 55.7. The number of carbonyl (C=O) groups is 2. The van der Waals surface area contributed by atoms with E-state index in [1.165, 1.54) is 122 Å². The van der Waals surface area contributed by atoms with Crippen molar-refractivity contribution < 1.29 is 37.3 Å². The van der Waals surface area contributed by atoms with Gasteiger partial charge in [0, 0.05) is 12.8 Å². The molecule has 10 heteroatoms. The molecule has 0 spiro atoms. The number of ether oxygens (including phenoxy) is 1. The SMILES string of the molecule is CCCCC/C=C\C/C=C\C/C=C\CCCCCCCCCCC(=O)NC(COP(=O)(O)OCC[N+](C)(C)C)C(/C=C\CCCCCCCCCCC)OC(=O)CCCCCC/C=C\C/C=C\C/C=C\CCCCC. The Hall–Kier alpha value is -2.81. The van der Waals surface area contributed by atoms with Gasteiger partial charge < -0.3 is 19.4 Å². The number of carbonyl (C=O) groups excluding carboxylic acids is 2. The van der Waals surface area contributed by atoms with Gasteiger partial charge in [0.15, 0.2) is 0 Å². The predicted molar refractivity (Wildman–Crippen MR) is 323 cm³/mol. The summed E-state index contributed by atoms with van der Waals surface area (Å²) in [4.78, 5) is 37.7. The zero-order chi connectivity index (χ0) is 55.0. The van der Waals surface area contributed by atoms with Gasteiger partial charge in [0.1, 0.15) is 19.3 Å². The first-order valence-electron chi connectivity index (χ1n) is 30.9. The van der Waals surface area contributed by atoms with Crippen LogP contribution in [0.4, 0.5) is 0 Å². The van der Waals surface area contributed by atoms with Crippen molar-refractivity contribution in [2.75, 3.05) is 40.9 Å². The van der Waals surface area contributed by atoms with E-state index in [1.54, 1.807) is 0 Å². The average Bonchev–Trinajstić information content (AvgIpc) is 3.37. The minimum atomic E-state index is -4.46. The number of likely N-dealkylation sites (N-methyl/N-ethyl adjacent to an activating group) is 1. The first-order chi connectivity index (χ1) is 36.4. The minimum absolute atomic E-state index is 0.0314. The van der Waals surface area contributed by atoms with Crippen LogP contribution < -0.4 is 5.32 Å². The maximum atomic E-state index is 13.5. The number of rotatable bonds is 55. The summed E-state index contributed by atoms with van der Waals surface area (Å²) in [6.07, 6.45) is 71.4. The minimum Gasteiger partial charge on any atom is -0.456 e. The summed E-state index contributed by atoms with van der Waals surface area (Å²) in [6, 6.07) is -0.865. The lowest BCUT2D eigenvalue weighted by Crippen LogP contribution is -2.47. The molecule has 0 heterocycles. The van der Waals surface area contributed by atoms with E-state index in [0.29, 0.717) is 23.9 Å². The van der Waals surface area contributed by atoms with Gasteiger partial charge in [-0.25, -0.2) is 4.57 Å². The number of nitrogens with zero attached hydrogens (tertiary/aromatic N) is 1. The van der Waals surface area contributed by atoms with Crippen molar-refractivity contribution >= 4 is 19.7 Å². The van der Waals surface area contributed by atoms with E-state index >= 15 is 0 Å². The number of hydrogen-bond acceptors (Lipinski definition) is 6. The lowest BCUT2D eigenvalue weighted by molar-refractivity contribution is -0.870. The van der Waals surface area contributed by atoms with Gasteiger partial charge in [-0.15, -0.1) is 0 Å². The Bertz CT molecular complexity index is 1560. The molecule has 0 radical (unpaired) electrons. The Morgan fingerprint density at radius 3 is 1.24 bits per heavy atom. The Balaban J connectivity index is 5.27. The molecular weight excluding hydrogens is 952 g/mol. The van der Waals surface area contributed by atoms with Gasteiger partial charge in [0.2, 0.25) is 5.91 Å². The summed E-state index contributed by atoms with van der Waals surface area (Å²) in [5.41, 5.74) is 0. The number of phosphoric acid groups is 1. The molecular formula is C65H118N2O7P+. The van der Waals surface area contributed by atoms with Crippen molar-refractivity contribution in [2.45, 2.75) is 277 Å². The van der Waals surface area contributed by atoms with Crippen LogP contribution in [0.3, 0.4) is 0 Å². The Kier molecular flexibility index (Phi) is 52.5. The molecule has 1 amide bonds. The molecule has 0 fully saturated rings. The highest BCUT2D eigenvalue weighted by molar-refractivity contribution is 7.47. The second kappa shape index (κ2) is 54.5. The second-order valence-corrected chi connectivity index (χ2v) is 23.3. The summed E-state index contributed by atoms with van der Waals surface area (Å²) in [5, 5.41) is 3.04. The maximum absolute atomic E-state index is 13.5. The molecule has 0 aliphatic carbocycles. The van der Waals surface area contributed by atoms with Crippen LogP contribution in [0.2, 0.25) is 0 Å². The third-order valence-corrected chi connectivity index (χ3v) is 14.3. The molecule has 3 unspecified atom stereocenters. The summed E-state index contributed by atoms with van der Waals surface area (Å²) in [7, 11) is 1.47. The number of allylic oxidation sites excluding steroid dienone is 13. The maximum Gasteiger partial charge on any atom is 0.472 e. The van der Waals surface area contributed by atoms with E-state index in [9.17, 15) is 19.0 Å². The number of phosphoric ester groups is 1. The highest BCUT2D eigenvalue weighted by atomic mass is 31.2. The van der Waals surface area contributed by atoms with Gasteiger partial charge in [-0.2, -0.15) is 0 Å². The lowest BCUT2D eigenvalue weighted by Gasteiger charge is -2.27. The topological polar surface area (TPSA) is 111 Å². The van der Waals surface area contributed by atoms with E-state index in [0.717, 1.165) is 103 Å². The quantitative estimate of drug-likeness (QED) is 0.0205. The van der Waals surface area contributed by atoms with Gasteiger partial charge in [-0.1, -0.05) is 228 Å². The molecule has 2 N–H and O–H groups in total. The molecule has 434 valence electrons. The van der Waals surface area contributed by atoms with Crippen LogP contribution in [0.15, 0.2) is 85.1 Å². The molecule has 0 saturated carbocycles. The van der Waals surface area contributed by atoms with E-state index in [2.05, 4.69) is 99.0 Å². The standard InChI is InChI=1S/C65H117N2O7P/c1-7-10-13-16-19-22-25-27-29-31-32-33-34-36-37-39-42-45-48-51-54-57-64(68)66-62(61-73-75(70,71)72-60-59-67(4,5)6)63(56-53-50-47-44-41-24-21-18-15-12-9-3)74-65(69)58-55-52-49-46-43-40-38-35-30-28-26-23-20-17-14-11-8-2/h19-20,22-23,27-30,32-33,38,40,53,56,62-63H,7-18,21,24-26,31,34-37,39,41-52,54-55,57-61H2,1-6H3,(H-,66,68,70,71)/p+1/b22-19-,23-20-,29-27-,30-28-,33-32-,40-38-,56-53-. The first kappa shape index (κ1) is 72.2. The molecule has 0 bridgehead atoms. The van der Waals surface area contributed by atoms with Crippen molar-refractivity contribution in [3.05, 3.63) is 85.1 Å². The fourth-order valence-corrected chi connectivity index (χ4v) is 9.22. The second-order valence-electron chi connectivity index (χ2n) is 21.9. The lowest BCUT2D eigenvalue weighted by atomic mass is 10.0. The van der Waals surface area contributed by atoms with Gasteiger partial charge in [-0.3, -0.25) is 18.6 Å². The zero-order valence-electron chi connectivity index (χ0n) is 49.5. The van der Waals surface area contributed by atoms with Crippen molar-refractivity contribution in [1.82, 2.24) is 5.32 Å². The number of quaternary nitrogens is 1. The Morgan fingerprint density at radius 2 is 0.813 bits per heavy atom. The summed E-state index contributed by atoms with van der Waals surface area (Å²) < 4.78 is 30.6. The van der Waals surface area contributed by atoms with Crippen LogP contribution in [0.1, 0.15) is 265 Å². The molecule has 0 saturated heterocycles. The third-order valence-electron chi connectivity index (χ3n) is 13.3. The van der Waals surface area contributed by atoms with Crippen LogP contribution in [0.5, 0.6) is 0 Å². The van der Waals surface area contributed by atoms with E-state index < -0.39 is 20.0 Å². The van der Waals surface area contributed by atoms with E-state index in [-0.39, 0.29) is 31.5 Å². The average molecular weight is 1070 g/mol. The predicted octanol–water partition coefficient (Wildman–Crippen LogP) is 19.0. The van der Waals surface area contributed by atoms with Crippen LogP contribution in [-0.4, -0.2) is 74.3 Å². The largest absolute Gasteiger partial charge is 0.472 e. The van der Waals surface area contributed by atoms with Gasteiger partial charge in [-0.05, 0) is 109 Å². The molecule has 0 rings (SSSR count). The smallest absolute Gasteiger partial charge is 0.456 e. The van der Waals surface area contributed by atoms with Crippen molar-refractivity contribution in [3.8, 4) is 0 Å². The molecule has 0 aromatic carbocycles. The highest BCUT2D eigenvalue weighted by Crippen LogP contribution is 2.43. The summed E-state index contributed by atoms with van der Waals surface area (Å²) in [5.74, 6) is -0.540. The molecule has 9 nitrogen and oxygen atoms in total. The molecule has 3 atom stereocenters. The molecule has 0 aromatic heterocycles. The van der Waals surface area contributed by atoms with E-state index in [4.69, 9.17) is 13.8 Å². The number of hydrogen-bond donors (Lipinski definition) is 2. The number of amides is 1. The van der Waals surface area contributed by atoms with Crippen LogP contribution in [0, 0.1) is 0 Å². The number of nitrogens with one attached hydrogen (secondary N) is 1. The van der Waals surface area contributed by atoms with Crippen LogP contribution >= 0.6 is 7.82 Å². The first-order valence-corrected chi connectivity index (χ1v) is 32.4. The zero-order valence-corrected chi connectivity index (χ0v) is 50.4. The van der Waals surface area contributed by atoms with Crippen LogP contribution in [0.25, 0.3) is 0 Å². The fraction of sp³-hybridized carbons (Fsp3) is 0.754. The van der Waals surface area contributed by atoms with Gasteiger partial charge >= 0.3 is 13.8 Å². The summed E-state index contributed by atoms with van der Waals surface area (Å²) in [6.45, 7) is 6.93. The fourth-order valence-electron chi connectivity index (χ4n) is 8.48.